The van der Waals surface area contributed by atoms with Crippen molar-refractivity contribution >= 4 is 17.8 Å². The maximum absolute atomic E-state index is 11.6. The third-order valence-electron chi connectivity index (χ3n) is 1.94. The molecule has 0 saturated heterocycles. The molecule has 1 heterocycles. The number of aliphatic imine (C=N–C) groups is 1. The molecule has 18 heavy (non-hydrogen) atoms. The van der Waals surface area contributed by atoms with Gasteiger partial charge in [0.15, 0.2) is 5.71 Å². The van der Waals surface area contributed by atoms with E-state index in [0.717, 1.165) is 0 Å². The molecule has 1 N–H and O–H groups in total. The summed E-state index contributed by atoms with van der Waals surface area (Å²) in [4.78, 5) is 27.0. The zero-order chi connectivity index (χ0) is 13.8. The highest BCUT2D eigenvalue weighted by atomic mass is 16.6. The van der Waals surface area contributed by atoms with Gasteiger partial charge in [-0.1, -0.05) is 0 Å². The molecule has 0 bridgehead atoms. The summed E-state index contributed by atoms with van der Waals surface area (Å²) < 4.78 is 9.93. The lowest BCUT2D eigenvalue weighted by atomic mass is 10.2. The van der Waals surface area contributed by atoms with E-state index in [2.05, 4.69) is 10.3 Å². The second-order valence-electron chi connectivity index (χ2n) is 4.70. The predicted octanol–water partition coefficient (Wildman–Crippen LogP) is 1.41. The van der Waals surface area contributed by atoms with E-state index >= 15 is 0 Å². The van der Waals surface area contributed by atoms with Gasteiger partial charge in [0.2, 0.25) is 0 Å². The molecule has 1 rings (SSSR count). The second kappa shape index (κ2) is 5.66. The van der Waals surface area contributed by atoms with Crippen LogP contribution in [0.4, 0.5) is 4.79 Å². The topological polar surface area (TPSA) is 77.0 Å². The molecule has 100 valence electrons. The molecule has 1 aliphatic rings. The molecule has 0 aromatic rings. The zero-order valence-electron chi connectivity index (χ0n) is 11.0. The van der Waals surface area contributed by atoms with Crippen molar-refractivity contribution in [2.24, 2.45) is 4.99 Å². The summed E-state index contributed by atoms with van der Waals surface area (Å²) in [5.74, 6) is -0.538. The van der Waals surface area contributed by atoms with E-state index in [0.29, 0.717) is 0 Å². The molecule has 0 unspecified atom stereocenters. The molecule has 0 radical (unpaired) electrons. The van der Waals surface area contributed by atoms with E-state index < -0.39 is 23.7 Å². The van der Waals surface area contributed by atoms with Crippen LogP contribution in [0, 0.1) is 0 Å². The third-order valence-corrected chi connectivity index (χ3v) is 1.94. The lowest BCUT2D eigenvalue weighted by molar-refractivity contribution is -0.135. The van der Waals surface area contributed by atoms with Gasteiger partial charge in [-0.25, -0.2) is 9.59 Å². The molecule has 0 aliphatic carbocycles. The van der Waals surface area contributed by atoms with Gasteiger partial charge in [0.25, 0.3) is 0 Å². The first-order chi connectivity index (χ1) is 8.33. The largest absolute Gasteiger partial charge is 0.461 e. The molecule has 0 fully saturated rings. The fraction of sp³-hybridized carbons (Fsp3) is 0.583. The third kappa shape index (κ3) is 4.20. The fourth-order valence-corrected chi connectivity index (χ4v) is 1.32. The minimum absolute atomic E-state index is 0.155. The highest BCUT2D eigenvalue weighted by Crippen LogP contribution is 2.09. The molecule has 0 saturated carbocycles. The Morgan fingerprint density at radius 3 is 2.67 bits per heavy atom. The van der Waals surface area contributed by atoms with Crippen LogP contribution >= 0.6 is 0 Å². The first-order valence-electron chi connectivity index (χ1n) is 5.74. The highest BCUT2D eigenvalue weighted by molar-refractivity contribution is 6.40. The number of alkyl carbamates (subject to hydrolysis) is 1. The molecule has 1 aliphatic heterocycles. The molecule has 0 aromatic heterocycles. The van der Waals surface area contributed by atoms with Crippen LogP contribution in [0.3, 0.4) is 0 Å². The normalized spacial score (nSPS) is 18.2. The summed E-state index contributed by atoms with van der Waals surface area (Å²) in [6.45, 7) is 7.25. The van der Waals surface area contributed by atoms with Gasteiger partial charge < -0.3 is 14.8 Å². The van der Waals surface area contributed by atoms with Gasteiger partial charge in [0, 0.05) is 6.20 Å². The summed E-state index contributed by atoms with van der Waals surface area (Å²) in [5.41, 5.74) is -0.434. The van der Waals surface area contributed by atoms with Crippen molar-refractivity contribution in [1.29, 1.82) is 0 Å². The van der Waals surface area contributed by atoms with E-state index in [1.807, 2.05) is 0 Å². The zero-order valence-corrected chi connectivity index (χ0v) is 11.0. The van der Waals surface area contributed by atoms with Crippen molar-refractivity contribution in [2.75, 3.05) is 6.61 Å². The lowest BCUT2D eigenvalue weighted by Crippen LogP contribution is -2.44. The monoisotopic (exact) mass is 254 g/mol. The van der Waals surface area contributed by atoms with Crippen molar-refractivity contribution in [3.63, 3.8) is 0 Å². The van der Waals surface area contributed by atoms with E-state index in [1.165, 1.54) is 6.20 Å². The minimum atomic E-state index is -0.601. The maximum atomic E-state index is 11.6. The summed E-state index contributed by atoms with van der Waals surface area (Å²) in [7, 11) is 0. The predicted molar refractivity (Wildman–Crippen MR) is 66.4 cm³/mol. The van der Waals surface area contributed by atoms with Crippen LogP contribution in [0.25, 0.3) is 0 Å². The number of hydrogen-bond donors (Lipinski definition) is 1. The summed E-state index contributed by atoms with van der Waals surface area (Å²) in [6.07, 6.45) is 2.45. The number of carbonyl (C=O) groups is 2. The summed E-state index contributed by atoms with van der Waals surface area (Å²) in [5, 5.41) is 2.55. The second-order valence-corrected chi connectivity index (χ2v) is 4.70. The van der Waals surface area contributed by atoms with Gasteiger partial charge in [0.1, 0.15) is 11.6 Å². The molecule has 1 atom stereocenters. The van der Waals surface area contributed by atoms with Crippen LogP contribution in [0.1, 0.15) is 27.7 Å². The van der Waals surface area contributed by atoms with Gasteiger partial charge in [0.05, 0.1) is 6.61 Å². The van der Waals surface area contributed by atoms with Crippen molar-refractivity contribution in [1.82, 2.24) is 5.32 Å². The number of esters is 1. The average Bonchev–Trinajstić information content (AvgIpc) is 2.62. The van der Waals surface area contributed by atoms with Crippen molar-refractivity contribution in [3.05, 3.63) is 12.3 Å². The molecular weight excluding hydrogens is 236 g/mol. The van der Waals surface area contributed by atoms with E-state index in [9.17, 15) is 9.59 Å². The van der Waals surface area contributed by atoms with Crippen molar-refractivity contribution in [3.8, 4) is 0 Å². The number of nitrogens with zero attached hydrogens (tertiary/aromatic N) is 1. The Bertz CT molecular complexity index is 393. The van der Waals surface area contributed by atoms with Crippen LogP contribution < -0.4 is 5.32 Å². The number of carbonyl (C=O) groups excluding carboxylic acids is 2. The fourth-order valence-electron chi connectivity index (χ4n) is 1.32. The maximum Gasteiger partial charge on any atom is 0.408 e. The Kier molecular flexibility index (Phi) is 4.47. The van der Waals surface area contributed by atoms with E-state index in [-0.39, 0.29) is 12.3 Å². The standard InChI is InChI=1S/C12H18N2O4/c1-5-17-10(15)9-8(6-7-13-9)14-11(16)18-12(2,3)4/h6-8H,5H2,1-4H3,(H,14,16)/t8-/m0/s1. The lowest BCUT2D eigenvalue weighted by Gasteiger charge is -2.21. The van der Waals surface area contributed by atoms with Gasteiger partial charge in [-0.05, 0) is 33.8 Å². The highest BCUT2D eigenvalue weighted by Gasteiger charge is 2.28. The van der Waals surface area contributed by atoms with Crippen LogP contribution in [0.5, 0.6) is 0 Å². The first kappa shape index (κ1) is 14.2. The first-order valence-corrected chi connectivity index (χ1v) is 5.74. The number of ether oxygens (including phenoxy) is 2. The Labute approximate surface area is 106 Å². The van der Waals surface area contributed by atoms with Crippen molar-refractivity contribution in [2.45, 2.75) is 39.3 Å². The Hall–Kier alpha value is -1.85. The van der Waals surface area contributed by atoms with Gasteiger partial charge in [-0.15, -0.1) is 0 Å². The molecule has 0 aromatic carbocycles. The van der Waals surface area contributed by atoms with E-state index in [1.54, 1.807) is 33.8 Å². The van der Waals surface area contributed by atoms with Gasteiger partial charge >= 0.3 is 12.1 Å². The van der Waals surface area contributed by atoms with Crippen LogP contribution in [-0.4, -0.2) is 36.0 Å². The molecule has 6 heteroatoms. The number of amides is 1. The number of rotatable bonds is 3. The molecular formula is C12H18N2O4. The minimum Gasteiger partial charge on any atom is -0.461 e. The van der Waals surface area contributed by atoms with Gasteiger partial charge in [-0.3, -0.25) is 4.99 Å². The Morgan fingerprint density at radius 1 is 1.44 bits per heavy atom. The van der Waals surface area contributed by atoms with Gasteiger partial charge in [-0.2, -0.15) is 0 Å². The Morgan fingerprint density at radius 2 is 2.11 bits per heavy atom. The summed E-state index contributed by atoms with van der Waals surface area (Å²) in [6, 6.07) is -0.598. The van der Waals surface area contributed by atoms with E-state index in [4.69, 9.17) is 9.47 Å². The van der Waals surface area contributed by atoms with Crippen LogP contribution in [-0.2, 0) is 14.3 Å². The summed E-state index contributed by atoms with van der Waals surface area (Å²) >= 11 is 0. The number of hydrogen-bond acceptors (Lipinski definition) is 5. The Balaban J connectivity index is 2.57. The van der Waals surface area contributed by atoms with Crippen LogP contribution in [0.2, 0.25) is 0 Å². The molecule has 6 nitrogen and oxygen atoms in total. The quantitative estimate of drug-likeness (QED) is 0.772. The molecule has 1 amide bonds. The molecule has 0 spiro atoms. The average molecular weight is 254 g/mol. The number of nitrogens with one attached hydrogen (secondary N) is 1. The smallest absolute Gasteiger partial charge is 0.408 e. The SMILES string of the molecule is CCOC(=O)C1=NC=C[C@@H]1NC(=O)OC(C)(C)C. The van der Waals surface area contributed by atoms with Crippen LogP contribution in [0.15, 0.2) is 17.3 Å². The van der Waals surface area contributed by atoms with Crippen molar-refractivity contribution < 1.29 is 19.1 Å².